The van der Waals surface area contributed by atoms with Gasteiger partial charge in [-0.3, -0.25) is 0 Å². The van der Waals surface area contributed by atoms with Gasteiger partial charge in [0, 0.05) is 22.6 Å². The second kappa shape index (κ2) is 7.23. The van der Waals surface area contributed by atoms with Gasteiger partial charge in [-0.25, -0.2) is 9.78 Å². The van der Waals surface area contributed by atoms with Gasteiger partial charge >= 0.3 is 5.97 Å². The zero-order valence-corrected chi connectivity index (χ0v) is 14.3. The lowest BCUT2D eigenvalue weighted by atomic mass is 10.1. The number of carbonyl (C=O) groups is 1. The van der Waals surface area contributed by atoms with Crippen molar-refractivity contribution in [3.8, 4) is 10.6 Å². The van der Waals surface area contributed by atoms with E-state index in [2.05, 4.69) is 4.98 Å². The molecule has 4 heteroatoms. The first-order valence-electron chi connectivity index (χ1n) is 7.85. The molecule has 2 heterocycles. The van der Waals surface area contributed by atoms with Crippen LogP contribution in [0.3, 0.4) is 0 Å². The summed E-state index contributed by atoms with van der Waals surface area (Å²) in [5.74, 6) is 0.255. The normalized spacial score (nSPS) is 13.9. The molecule has 0 saturated heterocycles. The number of cyclic esters (lactones) is 1. The fraction of sp³-hybridized carbons (Fsp3) is 0.100. The average Bonchev–Trinajstić information content (AvgIpc) is 3.24. The average molecular weight is 335 g/mol. The number of ether oxygens (including phenoxy) is 1. The molecule has 4 rings (SSSR count). The van der Waals surface area contributed by atoms with Crippen molar-refractivity contribution in [3.63, 3.8) is 0 Å². The van der Waals surface area contributed by atoms with Crippen molar-refractivity contribution in [2.24, 2.45) is 0 Å². The third kappa shape index (κ3) is 3.14. The third-order valence-corrected chi connectivity index (χ3v) is 4.35. The number of thiazole rings is 1. The van der Waals surface area contributed by atoms with Crippen molar-refractivity contribution in [3.05, 3.63) is 76.8 Å². The van der Waals surface area contributed by atoms with Gasteiger partial charge in [0.15, 0.2) is 0 Å². The summed E-state index contributed by atoms with van der Waals surface area (Å²) in [4.78, 5) is 16.4. The Kier molecular flexibility index (Phi) is 4.87. The first-order chi connectivity index (χ1) is 11.8. The Bertz CT molecular complexity index is 881. The number of benzene rings is 2. The molecule has 0 unspecified atom stereocenters. The summed E-state index contributed by atoms with van der Waals surface area (Å²) < 4.78 is 5.34. The second-order valence-corrected chi connectivity index (χ2v) is 5.75. The van der Waals surface area contributed by atoms with Gasteiger partial charge in [-0.05, 0) is 6.07 Å². The molecule has 0 spiro atoms. The van der Waals surface area contributed by atoms with Gasteiger partial charge in [-0.1, -0.05) is 62.4 Å². The molecule has 3 aromatic rings. The summed E-state index contributed by atoms with van der Waals surface area (Å²) in [6.07, 6.45) is 1.81. The molecule has 3 nitrogen and oxygen atoms in total. The van der Waals surface area contributed by atoms with Crippen molar-refractivity contribution in [1.82, 2.24) is 4.98 Å². The summed E-state index contributed by atoms with van der Waals surface area (Å²) in [5, 5.41) is 2.91. The standard InChI is InChI=1S/C18H11NO2S.C2H6/c20-18-15-9-5-4-8-14(15)16(21-18)10-13-11-22-17(19-13)12-6-2-1-3-7-12;1-2/h1-11H;1-2H3/b16-10-;. The van der Waals surface area contributed by atoms with Crippen molar-refractivity contribution in [1.29, 1.82) is 0 Å². The molecule has 0 radical (unpaired) electrons. The lowest BCUT2D eigenvalue weighted by Crippen LogP contribution is -1.92. The Morgan fingerprint density at radius 2 is 1.62 bits per heavy atom. The maximum absolute atomic E-state index is 11.8. The SMILES string of the molecule is CC.O=C1O/C(=C\c2csc(-c3ccccc3)n2)c2ccccc21. The molecule has 0 atom stereocenters. The molecule has 0 fully saturated rings. The van der Waals surface area contributed by atoms with Gasteiger partial charge < -0.3 is 4.74 Å². The molecule has 0 saturated carbocycles. The minimum Gasteiger partial charge on any atom is -0.422 e. The highest BCUT2D eigenvalue weighted by Crippen LogP contribution is 2.32. The minimum atomic E-state index is -0.305. The summed E-state index contributed by atoms with van der Waals surface area (Å²) in [6, 6.07) is 17.4. The second-order valence-electron chi connectivity index (χ2n) is 4.89. The van der Waals surface area contributed by atoms with Crippen LogP contribution in [-0.2, 0) is 4.74 Å². The van der Waals surface area contributed by atoms with Crippen molar-refractivity contribution in [2.75, 3.05) is 0 Å². The zero-order chi connectivity index (χ0) is 16.9. The van der Waals surface area contributed by atoms with E-state index in [-0.39, 0.29) is 5.97 Å². The third-order valence-electron chi connectivity index (χ3n) is 3.44. The largest absolute Gasteiger partial charge is 0.422 e. The number of nitrogens with zero attached hydrogens (tertiary/aromatic N) is 1. The fourth-order valence-corrected chi connectivity index (χ4v) is 3.18. The predicted molar refractivity (Wildman–Crippen MR) is 98.6 cm³/mol. The van der Waals surface area contributed by atoms with Gasteiger partial charge in [0.05, 0.1) is 11.3 Å². The van der Waals surface area contributed by atoms with Crippen LogP contribution in [0.5, 0.6) is 0 Å². The van der Waals surface area contributed by atoms with E-state index in [1.165, 1.54) is 0 Å². The quantitative estimate of drug-likeness (QED) is 0.580. The van der Waals surface area contributed by atoms with Crippen molar-refractivity contribution in [2.45, 2.75) is 13.8 Å². The zero-order valence-electron chi connectivity index (χ0n) is 13.5. The highest BCUT2D eigenvalue weighted by atomic mass is 32.1. The highest BCUT2D eigenvalue weighted by molar-refractivity contribution is 7.13. The Morgan fingerprint density at radius 1 is 0.958 bits per heavy atom. The minimum absolute atomic E-state index is 0.305. The number of esters is 1. The number of rotatable bonds is 2. The molecule has 120 valence electrons. The van der Waals surface area contributed by atoms with Crippen LogP contribution in [0, 0.1) is 0 Å². The fourth-order valence-electron chi connectivity index (χ4n) is 2.39. The Hall–Kier alpha value is -2.72. The molecule has 2 aromatic carbocycles. The van der Waals surface area contributed by atoms with Crippen molar-refractivity contribution >= 4 is 29.1 Å². The van der Waals surface area contributed by atoms with Crippen LogP contribution in [0.25, 0.3) is 22.4 Å². The molecule has 0 N–H and O–H groups in total. The van der Waals surface area contributed by atoms with Crippen LogP contribution in [0.4, 0.5) is 0 Å². The molecule has 0 aliphatic carbocycles. The Labute approximate surface area is 145 Å². The maximum Gasteiger partial charge on any atom is 0.344 e. The number of hydrogen-bond acceptors (Lipinski definition) is 4. The molecule has 0 amide bonds. The monoisotopic (exact) mass is 335 g/mol. The van der Waals surface area contributed by atoms with E-state index in [9.17, 15) is 4.79 Å². The lowest BCUT2D eigenvalue weighted by Gasteiger charge is -1.96. The van der Waals surface area contributed by atoms with E-state index in [1.807, 2.05) is 73.8 Å². The molecule has 1 aliphatic rings. The molecular weight excluding hydrogens is 318 g/mol. The number of aromatic nitrogens is 1. The maximum atomic E-state index is 11.8. The van der Waals surface area contributed by atoms with Gasteiger partial charge in [0.1, 0.15) is 10.8 Å². The van der Waals surface area contributed by atoms with Crippen LogP contribution in [-0.4, -0.2) is 11.0 Å². The molecule has 1 aromatic heterocycles. The van der Waals surface area contributed by atoms with Crippen LogP contribution < -0.4 is 0 Å². The summed E-state index contributed by atoms with van der Waals surface area (Å²) in [7, 11) is 0. The summed E-state index contributed by atoms with van der Waals surface area (Å²) in [5.41, 5.74) is 3.30. The number of hydrogen-bond donors (Lipinski definition) is 0. The van der Waals surface area contributed by atoms with Gasteiger partial charge in [-0.2, -0.15) is 0 Å². The Balaban J connectivity index is 0.000000815. The first-order valence-corrected chi connectivity index (χ1v) is 8.73. The van der Waals surface area contributed by atoms with E-state index in [0.29, 0.717) is 11.3 Å². The first kappa shape index (κ1) is 16.1. The van der Waals surface area contributed by atoms with Crippen LogP contribution in [0.15, 0.2) is 60.0 Å². The van der Waals surface area contributed by atoms with Gasteiger partial charge in [-0.15, -0.1) is 11.3 Å². The summed E-state index contributed by atoms with van der Waals surface area (Å²) >= 11 is 1.57. The van der Waals surface area contributed by atoms with E-state index >= 15 is 0 Å². The predicted octanol–water partition coefficient (Wildman–Crippen LogP) is 5.50. The molecule has 24 heavy (non-hydrogen) atoms. The van der Waals surface area contributed by atoms with E-state index in [1.54, 1.807) is 17.4 Å². The van der Waals surface area contributed by atoms with E-state index < -0.39 is 0 Å². The van der Waals surface area contributed by atoms with E-state index in [0.717, 1.165) is 21.8 Å². The lowest BCUT2D eigenvalue weighted by molar-refractivity contribution is 0.0717. The Morgan fingerprint density at radius 3 is 2.38 bits per heavy atom. The highest BCUT2D eigenvalue weighted by Gasteiger charge is 2.25. The summed E-state index contributed by atoms with van der Waals surface area (Å²) in [6.45, 7) is 4.00. The number of fused-ring (bicyclic) bond motifs is 1. The van der Waals surface area contributed by atoms with Crippen LogP contribution in [0.2, 0.25) is 0 Å². The molecular formula is C20H17NO2S. The molecule has 1 aliphatic heterocycles. The molecule has 0 bridgehead atoms. The van der Waals surface area contributed by atoms with E-state index in [4.69, 9.17) is 4.74 Å². The van der Waals surface area contributed by atoms with Crippen molar-refractivity contribution < 1.29 is 9.53 Å². The topological polar surface area (TPSA) is 39.2 Å². The smallest absolute Gasteiger partial charge is 0.344 e. The van der Waals surface area contributed by atoms with Crippen LogP contribution >= 0.6 is 11.3 Å². The van der Waals surface area contributed by atoms with Crippen LogP contribution in [0.1, 0.15) is 35.5 Å². The van der Waals surface area contributed by atoms with Gasteiger partial charge in [0.2, 0.25) is 0 Å². The van der Waals surface area contributed by atoms with Gasteiger partial charge in [0.25, 0.3) is 0 Å². The number of carbonyl (C=O) groups excluding carboxylic acids is 1.